The minimum atomic E-state index is 0.973. The maximum absolute atomic E-state index is 2.48. The van der Waals surface area contributed by atoms with E-state index in [4.69, 9.17) is 0 Å². The molecule has 1 saturated carbocycles. The van der Waals surface area contributed by atoms with Gasteiger partial charge < -0.3 is 0 Å². The van der Waals surface area contributed by atoms with Crippen molar-refractivity contribution < 1.29 is 0 Å². The fourth-order valence-corrected chi connectivity index (χ4v) is 3.06. The SMILES string of the molecule is CCCCCC[C@@H]1C[C@H]2C=C[C@H]1C2. The number of unbranched alkanes of at least 4 members (excludes halogenated alkanes) is 3. The lowest BCUT2D eigenvalue weighted by molar-refractivity contribution is 0.395. The van der Waals surface area contributed by atoms with Crippen molar-refractivity contribution in [1.82, 2.24) is 0 Å². The van der Waals surface area contributed by atoms with Crippen molar-refractivity contribution in [3.8, 4) is 0 Å². The van der Waals surface area contributed by atoms with Gasteiger partial charge in [-0.15, -0.1) is 0 Å². The first-order chi connectivity index (χ1) is 6.40. The second kappa shape index (κ2) is 4.30. The molecule has 0 heterocycles. The van der Waals surface area contributed by atoms with Gasteiger partial charge in [0.05, 0.1) is 0 Å². The summed E-state index contributed by atoms with van der Waals surface area (Å²) in [7, 11) is 0. The van der Waals surface area contributed by atoms with Gasteiger partial charge in [0.1, 0.15) is 0 Å². The topological polar surface area (TPSA) is 0 Å². The van der Waals surface area contributed by atoms with Gasteiger partial charge in [-0.3, -0.25) is 0 Å². The Kier molecular flexibility index (Phi) is 3.08. The number of hydrogen-bond donors (Lipinski definition) is 0. The highest BCUT2D eigenvalue weighted by Gasteiger charge is 2.34. The van der Waals surface area contributed by atoms with Gasteiger partial charge in [-0.25, -0.2) is 0 Å². The molecule has 0 unspecified atom stereocenters. The Balaban J connectivity index is 1.64. The van der Waals surface area contributed by atoms with Crippen LogP contribution in [0.1, 0.15) is 51.9 Å². The van der Waals surface area contributed by atoms with E-state index in [1.165, 1.54) is 44.9 Å². The average molecular weight is 178 g/mol. The van der Waals surface area contributed by atoms with E-state index in [1.807, 2.05) is 0 Å². The predicted molar refractivity (Wildman–Crippen MR) is 57.6 cm³/mol. The van der Waals surface area contributed by atoms with Crippen molar-refractivity contribution in [2.45, 2.75) is 51.9 Å². The summed E-state index contributed by atoms with van der Waals surface area (Å²) in [5.41, 5.74) is 0. The molecule has 0 aliphatic heterocycles. The highest BCUT2D eigenvalue weighted by atomic mass is 14.4. The Labute approximate surface area is 82.4 Å². The summed E-state index contributed by atoms with van der Waals surface area (Å²) in [6.07, 6.45) is 15.2. The molecule has 74 valence electrons. The third kappa shape index (κ3) is 2.15. The molecule has 0 aromatic rings. The number of fused-ring (bicyclic) bond motifs is 2. The molecule has 2 aliphatic rings. The van der Waals surface area contributed by atoms with Crippen molar-refractivity contribution in [2.24, 2.45) is 17.8 Å². The average Bonchev–Trinajstić information content (AvgIpc) is 2.73. The Morgan fingerprint density at radius 1 is 1.08 bits per heavy atom. The Bertz CT molecular complexity index is 180. The first kappa shape index (κ1) is 9.30. The molecule has 0 amide bonds. The van der Waals surface area contributed by atoms with Crippen molar-refractivity contribution >= 4 is 0 Å². The fraction of sp³-hybridized carbons (Fsp3) is 0.846. The minimum absolute atomic E-state index is 0.973. The molecule has 2 aliphatic carbocycles. The van der Waals surface area contributed by atoms with Crippen LogP contribution >= 0.6 is 0 Å². The maximum Gasteiger partial charge on any atom is -0.0199 e. The number of allylic oxidation sites excluding steroid dienone is 2. The van der Waals surface area contributed by atoms with Gasteiger partial charge >= 0.3 is 0 Å². The minimum Gasteiger partial charge on any atom is -0.0851 e. The lowest BCUT2D eigenvalue weighted by atomic mass is 9.88. The van der Waals surface area contributed by atoms with E-state index >= 15 is 0 Å². The zero-order valence-corrected chi connectivity index (χ0v) is 8.84. The molecule has 2 bridgehead atoms. The van der Waals surface area contributed by atoms with Crippen LogP contribution in [0, 0.1) is 17.8 Å². The van der Waals surface area contributed by atoms with Gasteiger partial charge in [-0.05, 0) is 37.0 Å². The molecule has 0 spiro atoms. The zero-order chi connectivity index (χ0) is 9.10. The smallest absolute Gasteiger partial charge is 0.0199 e. The molecule has 0 aromatic carbocycles. The van der Waals surface area contributed by atoms with Crippen LogP contribution in [0.15, 0.2) is 12.2 Å². The molecule has 0 saturated heterocycles. The van der Waals surface area contributed by atoms with Crippen molar-refractivity contribution in [2.75, 3.05) is 0 Å². The monoisotopic (exact) mass is 178 g/mol. The summed E-state index contributed by atoms with van der Waals surface area (Å²) < 4.78 is 0. The lowest BCUT2D eigenvalue weighted by Gasteiger charge is -2.17. The second-order valence-electron chi connectivity index (χ2n) is 4.89. The van der Waals surface area contributed by atoms with E-state index in [1.54, 1.807) is 0 Å². The summed E-state index contributed by atoms with van der Waals surface area (Å²) in [6.45, 7) is 2.29. The van der Waals surface area contributed by atoms with Crippen LogP contribution in [-0.2, 0) is 0 Å². The van der Waals surface area contributed by atoms with E-state index < -0.39 is 0 Å². The van der Waals surface area contributed by atoms with Crippen LogP contribution in [0.25, 0.3) is 0 Å². The Morgan fingerprint density at radius 3 is 2.62 bits per heavy atom. The molecule has 0 radical (unpaired) electrons. The van der Waals surface area contributed by atoms with Crippen molar-refractivity contribution in [3.05, 3.63) is 12.2 Å². The summed E-state index contributed by atoms with van der Waals surface area (Å²) in [5, 5.41) is 0. The van der Waals surface area contributed by atoms with Crippen LogP contribution in [0.2, 0.25) is 0 Å². The highest BCUT2D eigenvalue weighted by molar-refractivity contribution is 5.09. The lowest BCUT2D eigenvalue weighted by Crippen LogP contribution is -2.06. The fourth-order valence-electron chi connectivity index (χ4n) is 3.06. The number of hydrogen-bond acceptors (Lipinski definition) is 0. The Hall–Kier alpha value is -0.260. The first-order valence-electron chi connectivity index (χ1n) is 6.08. The molecule has 0 N–H and O–H groups in total. The van der Waals surface area contributed by atoms with Crippen LogP contribution < -0.4 is 0 Å². The van der Waals surface area contributed by atoms with Crippen LogP contribution in [0.5, 0.6) is 0 Å². The van der Waals surface area contributed by atoms with E-state index in [-0.39, 0.29) is 0 Å². The highest BCUT2D eigenvalue weighted by Crippen LogP contribution is 2.45. The third-order valence-electron chi connectivity index (χ3n) is 3.84. The zero-order valence-electron chi connectivity index (χ0n) is 8.84. The molecular weight excluding hydrogens is 156 g/mol. The van der Waals surface area contributed by atoms with Gasteiger partial charge in [-0.1, -0.05) is 44.8 Å². The van der Waals surface area contributed by atoms with Crippen molar-refractivity contribution in [3.63, 3.8) is 0 Å². The number of rotatable bonds is 5. The summed E-state index contributed by atoms with van der Waals surface area (Å²) >= 11 is 0. The summed E-state index contributed by atoms with van der Waals surface area (Å²) in [4.78, 5) is 0. The molecular formula is C13H22. The van der Waals surface area contributed by atoms with Gasteiger partial charge in [0.15, 0.2) is 0 Å². The van der Waals surface area contributed by atoms with Gasteiger partial charge in [0, 0.05) is 0 Å². The van der Waals surface area contributed by atoms with E-state index in [0.717, 1.165) is 17.8 Å². The molecule has 0 aromatic heterocycles. The van der Waals surface area contributed by atoms with E-state index in [2.05, 4.69) is 19.1 Å². The summed E-state index contributed by atoms with van der Waals surface area (Å²) in [5.74, 6) is 3.01. The van der Waals surface area contributed by atoms with Crippen LogP contribution in [0.4, 0.5) is 0 Å². The third-order valence-corrected chi connectivity index (χ3v) is 3.84. The molecule has 3 atom stereocenters. The van der Waals surface area contributed by atoms with E-state index in [9.17, 15) is 0 Å². The quantitative estimate of drug-likeness (QED) is 0.438. The molecule has 13 heavy (non-hydrogen) atoms. The maximum atomic E-state index is 2.48. The van der Waals surface area contributed by atoms with E-state index in [0.29, 0.717) is 0 Å². The first-order valence-corrected chi connectivity index (χ1v) is 6.08. The van der Waals surface area contributed by atoms with Crippen molar-refractivity contribution in [1.29, 1.82) is 0 Å². The van der Waals surface area contributed by atoms with Gasteiger partial charge in [-0.2, -0.15) is 0 Å². The molecule has 1 fully saturated rings. The standard InChI is InChI=1S/C13H22/c1-2-3-4-5-6-12-9-11-7-8-13(12)10-11/h7-8,11-13H,2-6,9-10H2,1H3/t11-,12-,13+/m1/s1. The molecule has 0 nitrogen and oxygen atoms in total. The molecule has 2 rings (SSSR count). The largest absolute Gasteiger partial charge is 0.0851 e. The Morgan fingerprint density at radius 2 is 2.00 bits per heavy atom. The second-order valence-corrected chi connectivity index (χ2v) is 4.89. The molecule has 0 heteroatoms. The predicted octanol–water partition coefficient (Wildman–Crippen LogP) is 4.17. The normalized spacial score (nSPS) is 35.9. The van der Waals surface area contributed by atoms with Crippen LogP contribution in [-0.4, -0.2) is 0 Å². The van der Waals surface area contributed by atoms with Gasteiger partial charge in [0.25, 0.3) is 0 Å². The van der Waals surface area contributed by atoms with Crippen LogP contribution in [0.3, 0.4) is 0 Å². The van der Waals surface area contributed by atoms with Gasteiger partial charge in [0.2, 0.25) is 0 Å². The summed E-state index contributed by atoms with van der Waals surface area (Å²) in [6, 6.07) is 0.